The van der Waals surface area contributed by atoms with E-state index in [1.165, 1.54) is 12.8 Å². The van der Waals surface area contributed by atoms with Crippen LogP contribution >= 0.6 is 0 Å². The standard InChI is InChI=1S/C16H21N3Si/c1-20(2,3)10-8-12-6-7-13-15(11-12)19-16(18-13)14-5-4-9-17-14/h6-7,11,14,17H,4-5,9H2,1-3H3,(H,18,19)/t14-/m0/s1. The van der Waals surface area contributed by atoms with Crippen LogP contribution in [0.15, 0.2) is 18.2 Å². The van der Waals surface area contributed by atoms with Gasteiger partial charge in [-0.3, -0.25) is 0 Å². The summed E-state index contributed by atoms with van der Waals surface area (Å²) in [5.74, 6) is 4.37. The fraction of sp³-hybridized carbons (Fsp3) is 0.438. The molecule has 4 heteroatoms. The van der Waals surface area contributed by atoms with Crippen LogP contribution in [-0.2, 0) is 0 Å². The Morgan fingerprint density at radius 1 is 1.30 bits per heavy atom. The third-order valence-corrected chi connectivity index (χ3v) is 4.35. The molecule has 1 aliphatic rings. The van der Waals surface area contributed by atoms with Crippen molar-refractivity contribution in [2.45, 2.75) is 38.5 Å². The zero-order valence-electron chi connectivity index (χ0n) is 12.4. The molecule has 1 saturated heterocycles. The number of rotatable bonds is 1. The molecule has 0 amide bonds. The third-order valence-electron chi connectivity index (χ3n) is 3.47. The molecule has 0 aliphatic carbocycles. The summed E-state index contributed by atoms with van der Waals surface area (Å²) in [7, 11) is -1.32. The van der Waals surface area contributed by atoms with Crippen LogP contribution in [0.25, 0.3) is 11.0 Å². The summed E-state index contributed by atoms with van der Waals surface area (Å²) in [4.78, 5) is 8.13. The smallest absolute Gasteiger partial charge is 0.129 e. The van der Waals surface area contributed by atoms with Gasteiger partial charge in [0.05, 0.1) is 17.1 Å². The number of hydrogen-bond acceptors (Lipinski definition) is 2. The second-order valence-corrected chi connectivity index (χ2v) is 11.3. The van der Waals surface area contributed by atoms with Crippen molar-refractivity contribution in [3.8, 4) is 11.5 Å². The lowest BCUT2D eigenvalue weighted by atomic mass is 10.2. The first kappa shape index (κ1) is 13.4. The number of benzene rings is 1. The lowest BCUT2D eigenvalue weighted by molar-refractivity contribution is 0.614. The zero-order chi connectivity index (χ0) is 14.2. The average Bonchev–Trinajstić information content (AvgIpc) is 3.03. The lowest BCUT2D eigenvalue weighted by Gasteiger charge is -2.04. The molecule has 2 aromatic rings. The molecule has 1 fully saturated rings. The fourth-order valence-corrected chi connectivity index (χ4v) is 2.97. The molecule has 0 spiro atoms. The van der Waals surface area contributed by atoms with Gasteiger partial charge in [0, 0.05) is 5.56 Å². The van der Waals surface area contributed by atoms with Gasteiger partial charge >= 0.3 is 0 Å². The SMILES string of the molecule is C[Si](C)(C)C#Cc1ccc2nc([C@@H]3CCCN3)[nH]c2c1. The Bertz CT molecular complexity index is 679. The second kappa shape index (κ2) is 5.08. The summed E-state index contributed by atoms with van der Waals surface area (Å²) < 4.78 is 0. The highest BCUT2D eigenvalue weighted by molar-refractivity contribution is 6.83. The number of aromatic nitrogens is 2. The van der Waals surface area contributed by atoms with E-state index in [0.717, 1.165) is 29.0 Å². The average molecular weight is 283 g/mol. The van der Waals surface area contributed by atoms with Gasteiger partial charge in [0.2, 0.25) is 0 Å². The number of nitrogens with one attached hydrogen (secondary N) is 2. The molecule has 0 bridgehead atoms. The Morgan fingerprint density at radius 3 is 2.85 bits per heavy atom. The van der Waals surface area contributed by atoms with Crippen LogP contribution in [0.5, 0.6) is 0 Å². The van der Waals surface area contributed by atoms with Gasteiger partial charge in [-0.15, -0.1) is 5.54 Å². The molecule has 3 rings (SSSR count). The molecule has 1 atom stereocenters. The number of H-pyrrole nitrogens is 1. The number of fused-ring (bicyclic) bond motifs is 1. The summed E-state index contributed by atoms with van der Waals surface area (Å²) in [6.45, 7) is 7.88. The monoisotopic (exact) mass is 283 g/mol. The molecule has 0 saturated carbocycles. The van der Waals surface area contributed by atoms with Crippen LogP contribution in [0, 0.1) is 11.5 Å². The summed E-state index contributed by atoms with van der Waals surface area (Å²) in [6.07, 6.45) is 2.40. The first-order valence-corrected chi connectivity index (χ1v) is 10.8. The molecule has 2 N–H and O–H groups in total. The van der Waals surface area contributed by atoms with E-state index in [1.807, 2.05) is 0 Å². The number of nitrogens with zero attached hydrogens (tertiary/aromatic N) is 1. The van der Waals surface area contributed by atoms with Crippen LogP contribution in [0.4, 0.5) is 0 Å². The number of imidazole rings is 1. The Kier molecular flexibility index (Phi) is 3.41. The first-order chi connectivity index (χ1) is 9.51. The van der Waals surface area contributed by atoms with E-state index in [2.05, 4.69) is 64.6 Å². The molecular weight excluding hydrogens is 262 g/mol. The van der Waals surface area contributed by atoms with Gasteiger partial charge in [-0.1, -0.05) is 25.6 Å². The molecular formula is C16H21N3Si. The third kappa shape index (κ3) is 2.95. The summed E-state index contributed by atoms with van der Waals surface area (Å²) in [5, 5.41) is 3.48. The highest BCUT2D eigenvalue weighted by atomic mass is 28.3. The normalized spacial score (nSPS) is 19.1. The van der Waals surface area contributed by atoms with Crippen LogP contribution in [0.2, 0.25) is 19.6 Å². The highest BCUT2D eigenvalue weighted by Crippen LogP contribution is 2.23. The molecule has 0 unspecified atom stereocenters. The van der Waals surface area contributed by atoms with E-state index < -0.39 is 8.07 Å². The van der Waals surface area contributed by atoms with Crippen molar-refractivity contribution in [1.29, 1.82) is 0 Å². The molecule has 104 valence electrons. The Morgan fingerprint density at radius 2 is 2.15 bits per heavy atom. The predicted octanol–water partition coefficient (Wildman–Crippen LogP) is 3.22. The van der Waals surface area contributed by atoms with E-state index in [9.17, 15) is 0 Å². The lowest BCUT2D eigenvalue weighted by Crippen LogP contribution is -2.16. The topological polar surface area (TPSA) is 40.7 Å². The Labute approximate surface area is 121 Å². The predicted molar refractivity (Wildman–Crippen MR) is 86.3 cm³/mol. The molecule has 0 radical (unpaired) electrons. The maximum Gasteiger partial charge on any atom is 0.129 e. The molecule has 3 nitrogen and oxygen atoms in total. The molecule has 20 heavy (non-hydrogen) atoms. The zero-order valence-corrected chi connectivity index (χ0v) is 13.4. The minimum Gasteiger partial charge on any atom is -0.341 e. The van der Waals surface area contributed by atoms with Crippen LogP contribution in [-0.4, -0.2) is 24.6 Å². The molecule has 2 heterocycles. The molecule has 1 aliphatic heterocycles. The molecule has 1 aromatic heterocycles. The van der Waals surface area contributed by atoms with Crippen molar-refractivity contribution >= 4 is 19.1 Å². The number of aromatic amines is 1. The van der Waals surface area contributed by atoms with Crippen molar-refractivity contribution < 1.29 is 0 Å². The maximum absolute atomic E-state index is 4.69. The van der Waals surface area contributed by atoms with Gasteiger partial charge in [-0.2, -0.15) is 0 Å². The second-order valence-electron chi connectivity index (χ2n) is 6.50. The minimum atomic E-state index is -1.32. The van der Waals surface area contributed by atoms with Gasteiger partial charge in [0.25, 0.3) is 0 Å². The van der Waals surface area contributed by atoms with E-state index in [4.69, 9.17) is 0 Å². The van der Waals surface area contributed by atoms with Crippen LogP contribution < -0.4 is 5.32 Å². The van der Waals surface area contributed by atoms with Crippen molar-refractivity contribution in [3.63, 3.8) is 0 Å². The summed E-state index contributed by atoms with van der Waals surface area (Å²) in [6, 6.07) is 6.65. The van der Waals surface area contributed by atoms with Gasteiger partial charge in [-0.25, -0.2) is 4.98 Å². The summed E-state index contributed by atoms with van der Waals surface area (Å²) in [5.41, 5.74) is 6.61. The number of hydrogen-bond donors (Lipinski definition) is 2. The van der Waals surface area contributed by atoms with Crippen molar-refractivity contribution in [1.82, 2.24) is 15.3 Å². The van der Waals surface area contributed by atoms with E-state index in [-0.39, 0.29) is 0 Å². The highest BCUT2D eigenvalue weighted by Gasteiger charge is 2.19. The van der Waals surface area contributed by atoms with Crippen molar-refractivity contribution in [3.05, 3.63) is 29.6 Å². The first-order valence-electron chi connectivity index (χ1n) is 7.27. The quantitative estimate of drug-likeness (QED) is 0.623. The van der Waals surface area contributed by atoms with Gasteiger partial charge in [0.15, 0.2) is 0 Å². The van der Waals surface area contributed by atoms with Gasteiger partial charge in [0.1, 0.15) is 13.9 Å². The van der Waals surface area contributed by atoms with Crippen LogP contribution in [0.1, 0.15) is 30.3 Å². The van der Waals surface area contributed by atoms with E-state index in [1.54, 1.807) is 0 Å². The van der Waals surface area contributed by atoms with E-state index in [0.29, 0.717) is 6.04 Å². The largest absolute Gasteiger partial charge is 0.341 e. The van der Waals surface area contributed by atoms with Crippen LogP contribution in [0.3, 0.4) is 0 Å². The van der Waals surface area contributed by atoms with Crippen molar-refractivity contribution in [2.75, 3.05) is 6.54 Å². The Balaban J connectivity index is 1.92. The van der Waals surface area contributed by atoms with Gasteiger partial charge < -0.3 is 10.3 Å². The minimum absolute atomic E-state index is 0.388. The maximum atomic E-state index is 4.69. The van der Waals surface area contributed by atoms with Gasteiger partial charge in [-0.05, 0) is 37.6 Å². The fourth-order valence-electron chi connectivity index (χ4n) is 2.45. The summed E-state index contributed by atoms with van der Waals surface area (Å²) >= 11 is 0. The Hall–Kier alpha value is -1.57. The molecule has 1 aromatic carbocycles. The van der Waals surface area contributed by atoms with Crippen molar-refractivity contribution in [2.24, 2.45) is 0 Å². The van der Waals surface area contributed by atoms with E-state index >= 15 is 0 Å².